The molecule has 0 bridgehead atoms. The van der Waals surface area contributed by atoms with Crippen LogP contribution >= 0.6 is 34.8 Å². The predicted octanol–water partition coefficient (Wildman–Crippen LogP) is 3.37. The van der Waals surface area contributed by atoms with Crippen LogP contribution in [0.3, 0.4) is 0 Å². The van der Waals surface area contributed by atoms with E-state index in [0.29, 0.717) is 10.6 Å². The summed E-state index contributed by atoms with van der Waals surface area (Å²) < 4.78 is 5.10. The Labute approximate surface area is 108 Å². The fraction of sp³-hybridized carbons (Fsp3) is 0.300. The van der Waals surface area contributed by atoms with E-state index in [0.717, 1.165) is 0 Å². The fourth-order valence-corrected chi connectivity index (χ4v) is 1.77. The highest BCUT2D eigenvalue weighted by Crippen LogP contribution is 2.28. The molecular weight excluding hydrogens is 274 g/mol. The van der Waals surface area contributed by atoms with Crippen LogP contribution < -0.4 is 0 Å². The van der Waals surface area contributed by atoms with Crippen molar-refractivity contribution in [2.45, 2.75) is 6.10 Å². The maximum absolute atomic E-state index is 11.0. The molecule has 1 aromatic rings. The molecule has 1 aromatic carbocycles. The van der Waals surface area contributed by atoms with Crippen LogP contribution in [0.4, 0.5) is 0 Å². The van der Waals surface area contributed by atoms with Crippen LogP contribution in [0.1, 0.15) is 11.7 Å². The summed E-state index contributed by atoms with van der Waals surface area (Å²) in [6.45, 7) is 0.136. The molecule has 0 saturated carbocycles. The summed E-state index contributed by atoms with van der Waals surface area (Å²) in [5.74, 6) is -0.899. The molecule has 1 N–H and O–H groups in total. The van der Waals surface area contributed by atoms with E-state index in [1.54, 1.807) is 6.07 Å². The Morgan fingerprint density at radius 1 is 1.44 bits per heavy atom. The number of carbonyl (C=O) groups is 1. The number of aliphatic carboxylic acids is 1. The summed E-state index contributed by atoms with van der Waals surface area (Å²) in [5, 5.41) is 9.69. The van der Waals surface area contributed by atoms with Gasteiger partial charge in [-0.05, 0) is 12.1 Å². The van der Waals surface area contributed by atoms with Crippen LogP contribution in [0, 0.1) is 0 Å². The number of hydrogen-bond donors (Lipinski definition) is 1. The molecule has 0 aliphatic rings. The van der Waals surface area contributed by atoms with Crippen molar-refractivity contribution in [2.75, 3.05) is 12.5 Å². The minimum absolute atomic E-state index is 0.136. The fourth-order valence-electron chi connectivity index (χ4n) is 1.17. The monoisotopic (exact) mass is 282 g/mol. The predicted molar refractivity (Wildman–Crippen MR) is 63.5 cm³/mol. The van der Waals surface area contributed by atoms with E-state index < -0.39 is 12.1 Å². The van der Waals surface area contributed by atoms with E-state index in [1.165, 1.54) is 12.1 Å². The lowest BCUT2D eigenvalue weighted by Gasteiger charge is -2.14. The topological polar surface area (TPSA) is 46.5 Å². The summed E-state index contributed by atoms with van der Waals surface area (Å²) in [6.07, 6.45) is -1.12. The van der Waals surface area contributed by atoms with Gasteiger partial charge >= 0.3 is 5.97 Å². The van der Waals surface area contributed by atoms with Gasteiger partial charge in [0.05, 0.1) is 6.61 Å². The summed E-state index contributed by atoms with van der Waals surface area (Å²) >= 11 is 17.0. The Bertz CT molecular complexity index is 382. The van der Waals surface area contributed by atoms with Crippen molar-refractivity contribution in [2.24, 2.45) is 0 Å². The Kier molecular flexibility index (Phi) is 5.35. The smallest absolute Gasteiger partial charge is 0.337 e. The average Bonchev–Trinajstić information content (AvgIpc) is 2.20. The molecule has 0 aliphatic heterocycles. The molecule has 0 spiro atoms. The van der Waals surface area contributed by atoms with Gasteiger partial charge in [-0.1, -0.05) is 29.3 Å². The maximum atomic E-state index is 11.0. The number of hydrogen-bond acceptors (Lipinski definition) is 2. The third kappa shape index (κ3) is 3.52. The minimum atomic E-state index is -1.12. The van der Waals surface area contributed by atoms with Crippen LogP contribution in [-0.4, -0.2) is 23.6 Å². The lowest BCUT2D eigenvalue weighted by Crippen LogP contribution is -2.16. The van der Waals surface area contributed by atoms with E-state index in [2.05, 4.69) is 0 Å². The van der Waals surface area contributed by atoms with Gasteiger partial charge in [0.2, 0.25) is 0 Å². The minimum Gasteiger partial charge on any atom is -0.479 e. The Morgan fingerprint density at radius 3 is 2.62 bits per heavy atom. The van der Waals surface area contributed by atoms with Crippen molar-refractivity contribution < 1.29 is 14.6 Å². The van der Waals surface area contributed by atoms with Gasteiger partial charge in [-0.15, -0.1) is 11.6 Å². The highest BCUT2D eigenvalue weighted by molar-refractivity contribution is 6.35. The molecular formula is C10H9Cl3O3. The van der Waals surface area contributed by atoms with Crippen molar-refractivity contribution in [1.82, 2.24) is 0 Å². The maximum Gasteiger partial charge on any atom is 0.337 e. The zero-order valence-electron chi connectivity index (χ0n) is 8.12. The second kappa shape index (κ2) is 6.30. The number of alkyl halides is 1. The third-order valence-electron chi connectivity index (χ3n) is 1.83. The molecule has 0 heterocycles. The van der Waals surface area contributed by atoms with E-state index in [4.69, 9.17) is 44.6 Å². The number of rotatable bonds is 5. The van der Waals surface area contributed by atoms with Crippen LogP contribution in [0.5, 0.6) is 0 Å². The van der Waals surface area contributed by atoms with Crippen LogP contribution in [0.2, 0.25) is 10.0 Å². The number of carboxylic acids is 1. The van der Waals surface area contributed by atoms with Gasteiger partial charge in [0.25, 0.3) is 0 Å². The number of carboxylic acid groups (broad SMARTS) is 1. The van der Waals surface area contributed by atoms with Crippen molar-refractivity contribution >= 4 is 40.8 Å². The molecule has 0 aromatic heterocycles. The Hall–Kier alpha value is -0.480. The molecule has 1 atom stereocenters. The summed E-state index contributed by atoms with van der Waals surface area (Å²) in [4.78, 5) is 11.0. The normalized spacial score (nSPS) is 12.4. The van der Waals surface area contributed by atoms with Crippen LogP contribution in [-0.2, 0) is 9.53 Å². The quantitative estimate of drug-likeness (QED) is 0.843. The molecule has 1 rings (SSSR count). The molecule has 16 heavy (non-hydrogen) atoms. The van der Waals surface area contributed by atoms with Gasteiger partial charge in [0.1, 0.15) is 0 Å². The summed E-state index contributed by atoms with van der Waals surface area (Å²) in [6, 6.07) is 4.55. The first-order valence-electron chi connectivity index (χ1n) is 4.41. The standard InChI is InChI=1S/C10H9Cl3O3/c11-3-4-16-9(10(14)15)7-2-1-6(12)5-8(7)13/h1-2,5,9H,3-4H2,(H,14,15). The van der Waals surface area contributed by atoms with Gasteiger partial charge in [0, 0.05) is 21.5 Å². The molecule has 0 radical (unpaired) electrons. The third-order valence-corrected chi connectivity index (χ3v) is 2.55. The van der Waals surface area contributed by atoms with Gasteiger partial charge in [-0.3, -0.25) is 0 Å². The molecule has 0 fully saturated rings. The Morgan fingerprint density at radius 2 is 2.12 bits per heavy atom. The Balaban J connectivity index is 2.96. The first-order valence-corrected chi connectivity index (χ1v) is 5.70. The van der Waals surface area contributed by atoms with Gasteiger partial charge in [0.15, 0.2) is 6.10 Å². The first-order chi connectivity index (χ1) is 7.56. The number of halogens is 3. The van der Waals surface area contributed by atoms with Gasteiger partial charge in [-0.2, -0.15) is 0 Å². The molecule has 3 nitrogen and oxygen atoms in total. The molecule has 6 heteroatoms. The van der Waals surface area contributed by atoms with Crippen molar-refractivity contribution in [3.63, 3.8) is 0 Å². The van der Waals surface area contributed by atoms with Gasteiger partial charge in [-0.25, -0.2) is 4.79 Å². The summed E-state index contributed by atoms with van der Waals surface area (Å²) in [7, 11) is 0. The van der Waals surface area contributed by atoms with Crippen molar-refractivity contribution in [3.8, 4) is 0 Å². The van der Waals surface area contributed by atoms with Crippen molar-refractivity contribution in [3.05, 3.63) is 33.8 Å². The summed E-state index contributed by atoms with van der Waals surface area (Å²) in [5.41, 5.74) is 0.365. The van der Waals surface area contributed by atoms with E-state index in [9.17, 15) is 4.79 Å². The highest BCUT2D eigenvalue weighted by Gasteiger charge is 2.22. The zero-order chi connectivity index (χ0) is 12.1. The molecule has 88 valence electrons. The lowest BCUT2D eigenvalue weighted by atomic mass is 10.1. The van der Waals surface area contributed by atoms with E-state index in [1.807, 2.05) is 0 Å². The van der Waals surface area contributed by atoms with Gasteiger partial charge < -0.3 is 9.84 Å². The number of benzene rings is 1. The van der Waals surface area contributed by atoms with E-state index >= 15 is 0 Å². The first kappa shape index (κ1) is 13.6. The largest absolute Gasteiger partial charge is 0.479 e. The second-order valence-corrected chi connectivity index (χ2v) is 4.17. The van der Waals surface area contributed by atoms with Crippen LogP contribution in [0.15, 0.2) is 18.2 Å². The van der Waals surface area contributed by atoms with Crippen LogP contribution in [0.25, 0.3) is 0 Å². The molecule has 0 amide bonds. The zero-order valence-corrected chi connectivity index (χ0v) is 10.4. The van der Waals surface area contributed by atoms with Crippen molar-refractivity contribution in [1.29, 1.82) is 0 Å². The number of ether oxygens (including phenoxy) is 1. The van der Waals surface area contributed by atoms with E-state index in [-0.39, 0.29) is 17.5 Å². The average molecular weight is 284 g/mol. The lowest BCUT2D eigenvalue weighted by molar-refractivity contribution is -0.150. The molecule has 0 saturated heterocycles. The SMILES string of the molecule is O=C(O)C(OCCCl)c1ccc(Cl)cc1Cl. The highest BCUT2D eigenvalue weighted by atomic mass is 35.5. The second-order valence-electron chi connectivity index (χ2n) is 2.94. The molecule has 1 unspecified atom stereocenters. The molecule has 0 aliphatic carbocycles.